The van der Waals surface area contributed by atoms with E-state index < -0.39 is 0 Å². The number of rotatable bonds is 28. The van der Waals surface area contributed by atoms with Crippen LogP contribution >= 0.6 is 8.58 Å². The average molecular weight is 686 g/mol. The maximum absolute atomic E-state index is 12.5. The highest BCUT2D eigenvalue weighted by Gasteiger charge is 2.18. The quantitative estimate of drug-likeness (QED) is 0.0819. The largest absolute Gasteiger partial charge is 0.379 e. The van der Waals surface area contributed by atoms with Crippen LogP contribution in [0.3, 0.4) is 0 Å². The summed E-state index contributed by atoms with van der Waals surface area (Å²) in [5.74, 6) is 1.22. The number of nitrogens with zero attached hydrogens (tertiary/aromatic N) is 3. The lowest BCUT2D eigenvalue weighted by Gasteiger charge is -2.25. The summed E-state index contributed by atoms with van der Waals surface area (Å²) in [6.07, 6.45) is 9.35. The van der Waals surface area contributed by atoms with Crippen molar-refractivity contribution in [3.8, 4) is 0 Å². The molecule has 2 N–H and O–H groups in total. The highest BCUT2D eigenvalue weighted by atomic mass is 31.1. The Hall–Kier alpha value is -1.94. The van der Waals surface area contributed by atoms with Gasteiger partial charge in [0.25, 0.3) is 0 Å². The van der Waals surface area contributed by atoms with Crippen LogP contribution in [0.15, 0.2) is 6.20 Å². The SMILES string of the molecule is CC.CCC(=O)CPCOC(C)(C)CCNC(=O)CCCc1cn(CCCCCC(=O)NC(COCC(C)C)COCC(C)C)nn1. The third-order valence-electron chi connectivity index (χ3n) is 6.95. The highest BCUT2D eigenvalue weighted by Crippen LogP contribution is 2.20. The lowest BCUT2D eigenvalue weighted by atomic mass is 10.1. The van der Waals surface area contributed by atoms with Gasteiger partial charge >= 0.3 is 0 Å². The van der Waals surface area contributed by atoms with Crippen LogP contribution in [-0.4, -0.2) is 89.7 Å². The van der Waals surface area contributed by atoms with Crippen LogP contribution in [0.5, 0.6) is 0 Å². The van der Waals surface area contributed by atoms with E-state index in [1.54, 1.807) is 0 Å². The summed E-state index contributed by atoms with van der Waals surface area (Å²) < 4.78 is 19.3. The number of hydrogen-bond acceptors (Lipinski definition) is 8. The number of carbonyl (C=O) groups is 3. The van der Waals surface area contributed by atoms with Crippen molar-refractivity contribution in [1.82, 2.24) is 25.6 Å². The Labute approximate surface area is 287 Å². The molecule has 0 fully saturated rings. The summed E-state index contributed by atoms with van der Waals surface area (Å²) in [5, 5.41) is 14.5. The molecule has 1 rings (SSSR count). The van der Waals surface area contributed by atoms with Crippen molar-refractivity contribution in [2.45, 2.75) is 138 Å². The van der Waals surface area contributed by atoms with Crippen molar-refractivity contribution >= 4 is 26.2 Å². The fourth-order valence-electron chi connectivity index (χ4n) is 4.28. The predicted octanol–water partition coefficient (Wildman–Crippen LogP) is 5.93. The zero-order chi connectivity index (χ0) is 35.5. The molecule has 0 saturated heterocycles. The molecule has 0 aliphatic rings. The Balaban J connectivity index is 0.0000104. The molecule has 1 aromatic heterocycles. The maximum Gasteiger partial charge on any atom is 0.220 e. The zero-order valence-electron chi connectivity index (χ0n) is 31.1. The molecule has 0 bridgehead atoms. The minimum absolute atomic E-state index is 0.0233. The molecule has 12 heteroatoms. The first-order valence-corrected chi connectivity index (χ1v) is 19.3. The molecule has 274 valence electrons. The second-order valence-electron chi connectivity index (χ2n) is 13.2. The van der Waals surface area contributed by atoms with E-state index in [9.17, 15) is 14.4 Å². The molecular weight excluding hydrogens is 617 g/mol. The third-order valence-corrected chi connectivity index (χ3v) is 7.94. The molecule has 1 aromatic rings. The molecule has 1 atom stereocenters. The molecule has 0 aliphatic heterocycles. The van der Waals surface area contributed by atoms with Crippen molar-refractivity contribution in [3.63, 3.8) is 0 Å². The van der Waals surface area contributed by atoms with E-state index in [4.69, 9.17) is 14.2 Å². The molecule has 1 unspecified atom stereocenters. The molecular formula is C35H68N5O6P. The van der Waals surface area contributed by atoms with Gasteiger partial charge in [0.15, 0.2) is 0 Å². The van der Waals surface area contributed by atoms with Gasteiger partial charge in [0.2, 0.25) is 11.8 Å². The second kappa shape index (κ2) is 28.0. The third kappa shape index (κ3) is 26.7. The Kier molecular flexibility index (Phi) is 26.8. The number of hydrogen-bond donors (Lipinski definition) is 2. The Morgan fingerprint density at radius 1 is 0.915 bits per heavy atom. The molecule has 0 aromatic carbocycles. The lowest BCUT2D eigenvalue weighted by Crippen LogP contribution is -2.42. The van der Waals surface area contributed by atoms with E-state index in [-0.39, 0.29) is 29.2 Å². The second-order valence-corrected chi connectivity index (χ2v) is 14.4. The Morgan fingerprint density at radius 2 is 1.55 bits per heavy atom. The number of amides is 2. The number of unbranched alkanes of at least 4 members (excludes halogenated alkanes) is 2. The summed E-state index contributed by atoms with van der Waals surface area (Å²) >= 11 is 0. The zero-order valence-corrected chi connectivity index (χ0v) is 32.1. The number of Topliss-reactive ketones (excluding diaryl/α,β-unsaturated/α-hetero) is 1. The van der Waals surface area contributed by atoms with Gasteiger partial charge < -0.3 is 24.8 Å². The molecule has 2 amide bonds. The van der Waals surface area contributed by atoms with Crippen LogP contribution in [0.1, 0.15) is 119 Å². The molecule has 47 heavy (non-hydrogen) atoms. The van der Waals surface area contributed by atoms with Gasteiger partial charge in [0, 0.05) is 57.9 Å². The number of ether oxygens (including phenoxy) is 3. The fourth-order valence-corrected chi connectivity index (χ4v) is 5.40. The average Bonchev–Trinajstić information content (AvgIpc) is 3.46. The van der Waals surface area contributed by atoms with Crippen molar-refractivity contribution in [3.05, 3.63) is 11.9 Å². The van der Waals surface area contributed by atoms with Gasteiger partial charge in [-0.15, -0.1) is 5.10 Å². The van der Waals surface area contributed by atoms with Crippen LogP contribution in [0.25, 0.3) is 0 Å². The Morgan fingerprint density at radius 3 is 2.17 bits per heavy atom. The predicted molar refractivity (Wildman–Crippen MR) is 192 cm³/mol. The molecule has 0 spiro atoms. The van der Waals surface area contributed by atoms with Crippen LogP contribution in [0.4, 0.5) is 0 Å². The maximum atomic E-state index is 12.5. The summed E-state index contributed by atoms with van der Waals surface area (Å²) in [6, 6.07) is -0.138. The topological polar surface area (TPSA) is 134 Å². The lowest BCUT2D eigenvalue weighted by molar-refractivity contribution is -0.123. The molecule has 1 heterocycles. The van der Waals surface area contributed by atoms with Gasteiger partial charge in [-0.1, -0.05) is 68.7 Å². The molecule has 0 aliphatic carbocycles. The first-order chi connectivity index (χ1) is 22.4. The Bertz CT molecular complexity index is 943. The minimum atomic E-state index is -0.339. The van der Waals surface area contributed by atoms with Gasteiger partial charge in [-0.05, 0) is 57.8 Å². The van der Waals surface area contributed by atoms with Gasteiger partial charge in [-0.3, -0.25) is 19.1 Å². The van der Waals surface area contributed by atoms with E-state index >= 15 is 0 Å². The molecule has 11 nitrogen and oxygen atoms in total. The number of aryl methyl sites for hydroxylation is 2. The smallest absolute Gasteiger partial charge is 0.220 e. The van der Waals surface area contributed by atoms with Gasteiger partial charge in [0.1, 0.15) is 5.78 Å². The van der Waals surface area contributed by atoms with E-state index in [1.165, 1.54) is 0 Å². The summed E-state index contributed by atoms with van der Waals surface area (Å²) in [7, 11) is 0.483. The summed E-state index contributed by atoms with van der Waals surface area (Å²) in [4.78, 5) is 36.2. The van der Waals surface area contributed by atoms with Crippen molar-refractivity contribution in [2.24, 2.45) is 11.8 Å². The number of ketones is 1. The van der Waals surface area contributed by atoms with Gasteiger partial charge in [-0.25, -0.2) is 0 Å². The first-order valence-electron chi connectivity index (χ1n) is 17.9. The first kappa shape index (κ1) is 45.1. The van der Waals surface area contributed by atoms with Crippen molar-refractivity contribution in [1.29, 1.82) is 0 Å². The highest BCUT2D eigenvalue weighted by molar-refractivity contribution is 7.39. The van der Waals surface area contributed by atoms with Gasteiger partial charge in [-0.2, -0.15) is 0 Å². The monoisotopic (exact) mass is 685 g/mol. The van der Waals surface area contributed by atoms with Crippen LogP contribution < -0.4 is 10.6 Å². The normalized spacial score (nSPS) is 11.8. The van der Waals surface area contributed by atoms with Crippen LogP contribution in [0, 0.1) is 11.8 Å². The standard InChI is InChI=1S/C33H62N5O6P.C2H6/c1-8-30(39)24-45-25-44-33(6,7)16-17-34-31(40)15-12-13-28-19-38(37-36-28)18-11-9-10-14-32(41)35-29(22-42-20-26(2)3)23-43-21-27(4)5;1-2/h19,26-27,29,45H,8-18,20-25H2,1-7H3,(H,34,40)(H,35,41);1-2H3. The minimum Gasteiger partial charge on any atom is -0.379 e. The van der Waals surface area contributed by atoms with E-state index in [0.717, 1.165) is 31.5 Å². The number of aromatic nitrogens is 3. The fraction of sp³-hybridized carbons (Fsp3) is 0.857. The van der Waals surface area contributed by atoms with Crippen molar-refractivity contribution in [2.75, 3.05) is 45.5 Å². The van der Waals surface area contributed by atoms with Gasteiger partial charge in [0.05, 0.1) is 36.9 Å². The van der Waals surface area contributed by atoms with Crippen molar-refractivity contribution < 1.29 is 28.6 Å². The molecule has 0 saturated carbocycles. The summed E-state index contributed by atoms with van der Waals surface area (Å²) in [5.41, 5.74) is 0.540. The van der Waals surface area contributed by atoms with E-state index in [1.807, 2.05) is 45.5 Å². The number of nitrogens with one attached hydrogen (secondary N) is 2. The van der Waals surface area contributed by atoms with Crippen LogP contribution in [-0.2, 0) is 41.6 Å². The molecule has 0 radical (unpaired) electrons. The van der Waals surface area contributed by atoms with E-state index in [0.29, 0.717) is 104 Å². The number of carbonyl (C=O) groups excluding carboxylic acids is 3. The van der Waals surface area contributed by atoms with Crippen LogP contribution in [0.2, 0.25) is 0 Å². The van der Waals surface area contributed by atoms with E-state index in [2.05, 4.69) is 48.6 Å². The summed E-state index contributed by atoms with van der Waals surface area (Å²) in [6.45, 7) is 21.9.